The molecule has 2 heterocycles. The average molecular weight is 655 g/mol. The van der Waals surface area contributed by atoms with Crippen molar-refractivity contribution in [2.75, 3.05) is 0 Å². The van der Waals surface area contributed by atoms with Crippen molar-refractivity contribution in [2.45, 2.75) is 50.9 Å². The minimum absolute atomic E-state index is 0.554. The van der Waals surface area contributed by atoms with Crippen LogP contribution in [0, 0.1) is 35.5 Å². The van der Waals surface area contributed by atoms with Crippen molar-refractivity contribution in [1.29, 1.82) is 0 Å². The van der Waals surface area contributed by atoms with E-state index in [4.69, 9.17) is 0 Å². The fourth-order valence-corrected chi connectivity index (χ4v) is 18.5. The number of allylic oxidation sites excluding steroid dienone is 8. The van der Waals surface area contributed by atoms with Gasteiger partial charge in [0.05, 0.1) is 30.1 Å². The van der Waals surface area contributed by atoms with Crippen LogP contribution in [0.4, 0.5) is 0 Å². The van der Waals surface area contributed by atoms with Crippen LogP contribution in [0.15, 0.2) is 134 Å². The molecule has 8 unspecified atom stereocenters. The lowest BCUT2D eigenvalue weighted by Gasteiger charge is -2.46. The Morgan fingerprint density at radius 2 is 0.816 bits per heavy atom. The van der Waals surface area contributed by atoms with Crippen molar-refractivity contribution >= 4 is 63.1 Å². The molecule has 4 aliphatic carbocycles. The molecule has 2 aromatic heterocycles. The number of rotatable bonds is 4. The first-order chi connectivity index (χ1) is 23.9. The molecule has 244 valence electrons. The normalized spacial score (nSPS) is 29.6. The number of para-hydroxylation sites is 4. The van der Waals surface area contributed by atoms with Gasteiger partial charge < -0.3 is 9.13 Å². The molecule has 0 N–H and O–H groups in total. The predicted octanol–water partition coefficient (Wildman–Crippen LogP) is 12.4. The number of hydrogen-bond acceptors (Lipinski definition) is 0. The van der Waals surface area contributed by atoms with E-state index in [0.717, 1.165) is 11.1 Å². The summed E-state index contributed by atoms with van der Waals surface area (Å²) in [6, 6.07) is 36.1. The quantitative estimate of drug-likeness (QED) is 0.167. The van der Waals surface area contributed by atoms with Crippen LogP contribution >= 0.6 is 0 Å². The lowest BCUT2D eigenvalue weighted by Crippen LogP contribution is -2.45. The number of aromatic nitrogens is 2. The van der Waals surface area contributed by atoms with Crippen LogP contribution in [-0.4, -0.2) is 17.2 Å². The van der Waals surface area contributed by atoms with E-state index >= 15 is 0 Å². The maximum Gasteiger partial charge on any atom is 0.0553 e. The molecule has 0 bridgehead atoms. The van der Waals surface area contributed by atoms with Crippen LogP contribution in [0.2, 0.25) is 24.2 Å². The van der Waals surface area contributed by atoms with Gasteiger partial charge in [0.1, 0.15) is 0 Å². The Morgan fingerprint density at radius 1 is 0.490 bits per heavy atom. The van der Waals surface area contributed by atoms with Gasteiger partial charge in [-0.1, -0.05) is 124 Å². The third-order valence-electron chi connectivity index (χ3n) is 13.6. The van der Waals surface area contributed by atoms with E-state index in [2.05, 4.69) is 170 Å². The lowest BCUT2D eigenvalue weighted by atomic mass is 9.88. The average Bonchev–Trinajstić information content (AvgIpc) is 3.85. The van der Waals surface area contributed by atoms with Crippen LogP contribution in [0.3, 0.4) is 0 Å². The second-order valence-corrected chi connectivity index (χ2v) is 21.3. The molecule has 8 atom stereocenters. The number of hydrogen-bond donors (Lipinski definition) is 0. The van der Waals surface area contributed by atoms with Crippen LogP contribution in [0.5, 0.6) is 0 Å². The van der Waals surface area contributed by atoms with Crippen molar-refractivity contribution in [3.8, 4) is 0 Å². The third-order valence-corrected chi connectivity index (χ3v) is 18.9. The van der Waals surface area contributed by atoms with Gasteiger partial charge in [0, 0.05) is 44.8 Å². The minimum Gasteiger partial charge on any atom is -0.313 e. The van der Waals surface area contributed by atoms with Gasteiger partial charge in [-0.3, -0.25) is 0 Å². The molecular weight excluding hydrogens is 609 g/mol. The summed E-state index contributed by atoms with van der Waals surface area (Å²) in [4.78, 5) is 0. The van der Waals surface area contributed by atoms with Gasteiger partial charge in [0.2, 0.25) is 0 Å². The van der Waals surface area contributed by atoms with Crippen molar-refractivity contribution < 1.29 is 0 Å². The largest absolute Gasteiger partial charge is 0.313 e. The smallest absolute Gasteiger partial charge is 0.0553 e. The van der Waals surface area contributed by atoms with Crippen molar-refractivity contribution in [1.82, 2.24) is 9.13 Å². The number of fused-ring (bicyclic) bond motifs is 8. The summed E-state index contributed by atoms with van der Waals surface area (Å²) >= 11 is 0. The Balaban J connectivity index is 1.02. The monoisotopic (exact) mass is 654 g/mol. The van der Waals surface area contributed by atoms with Crippen LogP contribution < -0.4 is 0 Å². The van der Waals surface area contributed by atoms with Gasteiger partial charge in [0.25, 0.3) is 0 Å². The van der Waals surface area contributed by atoms with E-state index in [1.807, 2.05) is 0 Å². The number of nitrogens with zero attached hydrogens (tertiary/aromatic N) is 2. The van der Waals surface area contributed by atoms with E-state index < -0.39 is 8.07 Å². The first-order valence-electron chi connectivity index (χ1n) is 18.7. The molecule has 3 heteroatoms. The van der Waals surface area contributed by atoms with Crippen molar-refractivity contribution in [2.24, 2.45) is 35.5 Å². The second-order valence-electron chi connectivity index (χ2n) is 16.4. The standard InChI is InChI=1S/C46H46N2Si/c1-29-27-37-35(19-13-25-43(37)47-39-21-9-5-15-31(39)32-16-6-10-22-40(32)47)45(29)49(3,4)46-30(2)28-38-36(46)20-14-26-44(38)48-41-23-11-7-17-33(41)34-18-8-12-24-42(34)48/h5-26,29-30,35-38,45-46H,27-28H2,1-4H3. The molecule has 0 aliphatic heterocycles. The van der Waals surface area contributed by atoms with E-state index in [0.29, 0.717) is 35.5 Å². The van der Waals surface area contributed by atoms with E-state index in [1.54, 1.807) is 0 Å². The maximum atomic E-state index is 2.79. The molecule has 2 fully saturated rings. The highest BCUT2D eigenvalue weighted by molar-refractivity contribution is 6.80. The molecule has 0 amide bonds. The van der Waals surface area contributed by atoms with Crippen LogP contribution in [-0.2, 0) is 0 Å². The summed E-state index contributed by atoms with van der Waals surface area (Å²) in [6.45, 7) is 10.8. The van der Waals surface area contributed by atoms with E-state index in [1.165, 1.54) is 67.8 Å². The molecule has 2 saturated carbocycles. The predicted molar refractivity (Wildman–Crippen MR) is 212 cm³/mol. The van der Waals surface area contributed by atoms with E-state index in [-0.39, 0.29) is 0 Å². The molecule has 2 nitrogen and oxygen atoms in total. The maximum absolute atomic E-state index is 2.79. The zero-order valence-corrected chi connectivity index (χ0v) is 30.1. The summed E-state index contributed by atoms with van der Waals surface area (Å²) in [7, 11) is -1.80. The Bertz CT molecular complexity index is 2140. The fraction of sp³-hybridized carbons (Fsp3) is 0.304. The third kappa shape index (κ3) is 4.12. The number of benzene rings is 4. The molecule has 4 aromatic carbocycles. The Hall–Kier alpha value is -4.34. The van der Waals surface area contributed by atoms with Crippen LogP contribution in [0.1, 0.15) is 26.7 Å². The lowest BCUT2D eigenvalue weighted by molar-refractivity contribution is 0.492. The van der Waals surface area contributed by atoms with Gasteiger partial charge in [0.15, 0.2) is 0 Å². The Morgan fingerprint density at radius 3 is 1.16 bits per heavy atom. The van der Waals surface area contributed by atoms with Gasteiger partial charge in [-0.25, -0.2) is 0 Å². The zero-order chi connectivity index (χ0) is 33.0. The Kier molecular flexibility index (Phi) is 6.53. The topological polar surface area (TPSA) is 9.86 Å². The summed E-state index contributed by atoms with van der Waals surface area (Å²) in [5.41, 5.74) is 9.92. The van der Waals surface area contributed by atoms with Gasteiger partial charge in [-0.15, -0.1) is 0 Å². The molecular formula is C46H46N2Si. The minimum atomic E-state index is -1.80. The first-order valence-corrected chi connectivity index (χ1v) is 21.8. The van der Waals surface area contributed by atoms with Crippen LogP contribution in [0.25, 0.3) is 55.0 Å². The molecule has 6 aromatic rings. The molecule has 0 saturated heterocycles. The zero-order valence-electron chi connectivity index (χ0n) is 29.1. The summed E-state index contributed by atoms with van der Waals surface area (Å²) < 4.78 is 5.24. The highest BCUT2D eigenvalue weighted by Gasteiger charge is 2.58. The molecule has 10 rings (SSSR count). The highest BCUT2D eigenvalue weighted by atomic mass is 28.3. The summed E-state index contributed by atoms with van der Waals surface area (Å²) in [5.74, 6) is 3.73. The SMILES string of the molecule is CC1CC2C(n3c4ccccc4c4ccccc43)=CC=CC2C1[Si](C)(C)C1C(C)CC2C(n3c4ccccc4c4ccccc43)=CC=CC21. The Labute approximate surface area is 291 Å². The van der Waals surface area contributed by atoms with Gasteiger partial charge >= 0.3 is 0 Å². The fourth-order valence-electron chi connectivity index (χ4n) is 12.2. The first kappa shape index (κ1) is 29.6. The molecule has 0 spiro atoms. The molecule has 4 aliphatic rings. The second kappa shape index (κ2) is 10.8. The van der Waals surface area contributed by atoms with E-state index in [9.17, 15) is 0 Å². The highest BCUT2D eigenvalue weighted by Crippen LogP contribution is 2.64. The van der Waals surface area contributed by atoms with Gasteiger partial charge in [-0.05, 0) is 84.0 Å². The molecule has 49 heavy (non-hydrogen) atoms. The summed E-state index contributed by atoms with van der Waals surface area (Å²) in [5, 5.41) is 5.46. The van der Waals surface area contributed by atoms with Crippen molar-refractivity contribution in [3.63, 3.8) is 0 Å². The van der Waals surface area contributed by atoms with Crippen molar-refractivity contribution in [3.05, 3.63) is 134 Å². The molecule has 0 radical (unpaired) electrons. The van der Waals surface area contributed by atoms with Gasteiger partial charge in [-0.2, -0.15) is 0 Å². The summed E-state index contributed by atoms with van der Waals surface area (Å²) in [6.07, 6.45) is 17.5.